The Labute approximate surface area is 113 Å². The summed E-state index contributed by atoms with van der Waals surface area (Å²) < 4.78 is 5.28. The Kier molecular flexibility index (Phi) is 4.22. The van der Waals surface area contributed by atoms with Crippen LogP contribution in [0, 0.1) is 0 Å². The van der Waals surface area contributed by atoms with Gasteiger partial charge in [-0.1, -0.05) is 6.07 Å². The molecule has 0 aliphatic heterocycles. The van der Waals surface area contributed by atoms with Crippen molar-refractivity contribution in [1.82, 2.24) is 4.98 Å². The molecule has 102 valence electrons. The van der Waals surface area contributed by atoms with Gasteiger partial charge in [0, 0.05) is 24.2 Å². The molecule has 4 heteroatoms. The third kappa shape index (κ3) is 2.79. The predicted molar refractivity (Wildman–Crippen MR) is 77.9 cm³/mol. The maximum Gasteiger partial charge on any atom is 0.136 e. The molecule has 2 rings (SSSR count). The third-order valence-corrected chi connectivity index (χ3v) is 3.19. The molecule has 0 unspecified atom stereocenters. The van der Waals surface area contributed by atoms with Crippen LogP contribution in [0.3, 0.4) is 0 Å². The number of nitrogens with zero attached hydrogens (tertiary/aromatic N) is 2. The van der Waals surface area contributed by atoms with Crippen LogP contribution < -0.4 is 9.64 Å². The van der Waals surface area contributed by atoms with Gasteiger partial charge in [-0.15, -0.1) is 0 Å². The van der Waals surface area contributed by atoms with E-state index >= 15 is 0 Å². The van der Waals surface area contributed by atoms with Crippen molar-refractivity contribution in [3.63, 3.8) is 0 Å². The summed E-state index contributed by atoms with van der Waals surface area (Å²) >= 11 is 0. The molecule has 0 aliphatic rings. The SMILES string of the molecule is COc1ccc2ccnc(N(CCO)C(C)C)c2c1. The number of anilines is 1. The average molecular weight is 260 g/mol. The molecule has 0 amide bonds. The number of hydrogen-bond donors (Lipinski definition) is 1. The third-order valence-electron chi connectivity index (χ3n) is 3.19. The van der Waals surface area contributed by atoms with E-state index in [1.165, 1.54) is 0 Å². The lowest BCUT2D eigenvalue weighted by Crippen LogP contribution is -2.34. The highest BCUT2D eigenvalue weighted by Gasteiger charge is 2.14. The van der Waals surface area contributed by atoms with Gasteiger partial charge in [-0.2, -0.15) is 0 Å². The van der Waals surface area contributed by atoms with Crippen molar-refractivity contribution in [3.05, 3.63) is 30.5 Å². The molecule has 0 saturated heterocycles. The van der Waals surface area contributed by atoms with E-state index in [0.717, 1.165) is 22.3 Å². The highest BCUT2D eigenvalue weighted by molar-refractivity contribution is 5.93. The van der Waals surface area contributed by atoms with Gasteiger partial charge in [0.15, 0.2) is 0 Å². The number of ether oxygens (including phenoxy) is 1. The van der Waals surface area contributed by atoms with Gasteiger partial charge < -0.3 is 14.7 Å². The van der Waals surface area contributed by atoms with Crippen molar-refractivity contribution >= 4 is 16.6 Å². The monoisotopic (exact) mass is 260 g/mol. The molecule has 0 aliphatic carbocycles. The number of fused-ring (bicyclic) bond motifs is 1. The molecule has 19 heavy (non-hydrogen) atoms. The van der Waals surface area contributed by atoms with Crippen molar-refractivity contribution in [3.8, 4) is 5.75 Å². The minimum atomic E-state index is 0.111. The molecule has 1 N–H and O–H groups in total. The molecule has 0 radical (unpaired) electrons. The highest BCUT2D eigenvalue weighted by Crippen LogP contribution is 2.28. The summed E-state index contributed by atoms with van der Waals surface area (Å²) in [5, 5.41) is 11.4. The van der Waals surface area contributed by atoms with E-state index in [0.29, 0.717) is 6.54 Å². The zero-order valence-corrected chi connectivity index (χ0v) is 11.6. The first kappa shape index (κ1) is 13.6. The molecule has 1 heterocycles. The van der Waals surface area contributed by atoms with Crippen LogP contribution in [0.1, 0.15) is 13.8 Å². The Bertz CT molecular complexity index is 555. The van der Waals surface area contributed by atoms with E-state index < -0.39 is 0 Å². The Morgan fingerprint density at radius 2 is 2.11 bits per heavy atom. The number of aliphatic hydroxyl groups excluding tert-OH is 1. The second-order valence-corrected chi connectivity index (χ2v) is 4.73. The molecule has 1 aromatic carbocycles. The number of aromatic nitrogens is 1. The van der Waals surface area contributed by atoms with E-state index in [2.05, 4.69) is 23.7 Å². The van der Waals surface area contributed by atoms with Crippen LogP contribution in [-0.4, -0.2) is 36.4 Å². The predicted octanol–water partition coefficient (Wildman–Crippen LogP) is 2.45. The maximum absolute atomic E-state index is 9.23. The summed E-state index contributed by atoms with van der Waals surface area (Å²) in [5.74, 6) is 1.70. The standard InChI is InChI=1S/C15H20N2O2/c1-11(2)17(8-9-18)15-14-10-13(19-3)5-4-12(14)6-7-16-15/h4-7,10-11,18H,8-9H2,1-3H3. The lowest BCUT2D eigenvalue weighted by atomic mass is 10.1. The van der Waals surface area contributed by atoms with Crippen LogP contribution in [0.4, 0.5) is 5.82 Å². The Morgan fingerprint density at radius 3 is 2.74 bits per heavy atom. The van der Waals surface area contributed by atoms with Gasteiger partial charge in [-0.05, 0) is 37.4 Å². The number of hydrogen-bond acceptors (Lipinski definition) is 4. The summed E-state index contributed by atoms with van der Waals surface area (Å²) in [6.45, 7) is 4.87. The van der Waals surface area contributed by atoms with Gasteiger partial charge >= 0.3 is 0 Å². The molecular weight excluding hydrogens is 240 g/mol. The molecule has 2 aromatic rings. The zero-order valence-electron chi connectivity index (χ0n) is 11.6. The average Bonchev–Trinajstić information content (AvgIpc) is 2.43. The number of rotatable bonds is 5. The Morgan fingerprint density at radius 1 is 1.32 bits per heavy atom. The van der Waals surface area contributed by atoms with Gasteiger partial charge in [0.1, 0.15) is 11.6 Å². The highest BCUT2D eigenvalue weighted by atomic mass is 16.5. The second kappa shape index (κ2) is 5.89. The molecule has 0 spiro atoms. The van der Waals surface area contributed by atoms with E-state index in [1.807, 2.05) is 24.3 Å². The second-order valence-electron chi connectivity index (χ2n) is 4.73. The fraction of sp³-hybridized carbons (Fsp3) is 0.400. The maximum atomic E-state index is 9.23. The number of methoxy groups -OCH3 is 1. The molecular formula is C15H20N2O2. The van der Waals surface area contributed by atoms with E-state index in [4.69, 9.17) is 4.74 Å². The molecule has 0 bridgehead atoms. The first-order chi connectivity index (χ1) is 9.17. The van der Waals surface area contributed by atoms with Crippen LogP contribution >= 0.6 is 0 Å². The quantitative estimate of drug-likeness (QED) is 0.897. The van der Waals surface area contributed by atoms with Crippen molar-refractivity contribution in [2.24, 2.45) is 0 Å². The van der Waals surface area contributed by atoms with Crippen LogP contribution in [0.25, 0.3) is 10.8 Å². The summed E-state index contributed by atoms with van der Waals surface area (Å²) in [7, 11) is 1.66. The van der Waals surface area contributed by atoms with Crippen LogP contribution in [0.2, 0.25) is 0 Å². The normalized spacial score (nSPS) is 11.0. The lowest BCUT2D eigenvalue weighted by molar-refractivity contribution is 0.299. The van der Waals surface area contributed by atoms with Crippen LogP contribution in [0.15, 0.2) is 30.5 Å². The van der Waals surface area contributed by atoms with Gasteiger partial charge in [-0.25, -0.2) is 4.98 Å². The zero-order chi connectivity index (χ0) is 13.8. The number of aliphatic hydroxyl groups is 1. The fourth-order valence-corrected chi connectivity index (χ4v) is 2.20. The van der Waals surface area contributed by atoms with Gasteiger partial charge in [0.05, 0.1) is 13.7 Å². The molecule has 4 nitrogen and oxygen atoms in total. The van der Waals surface area contributed by atoms with Gasteiger partial charge in [0.2, 0.25) is 0 Å². The topological polar surface area (TPSA) is 45.6 Å². The lowest BCUT2D eigenvalue weighted by Gasteiger charge is -2.28. The molecule has 0 fully saturated rings. The summed E-state index contributed by atoms with van der Waals surface area (Å²) in [6.07, 6.45) is 1.80. The smallest absolute Gasteiger partial charge is 0.136 e. The number of benzene rings is 1. The van der Waals surface area contributed by atoms with E-state index in [-0.39, 0.29) is 12.6 Å². The summed E-state index contributed by atoms with van der Waals surface area (Å²) in [4.78, 5) is 6.58. The van der Waals surface area contributed by atoms with E-state index in [9.17, 15) is 5.11 Å². The Balaban J connectivity index is 2.57. The van der Waals surface area contributed by atoms with Crippen molar-refractivity contribution in [2.45, 2.75) is 19.9 Å². The van der Waals surface area contributed by atoms with E-state index in [1.54, 1.807) is 13.3 Å². The minimum absolute atomic E-state index is 0.111. The van der Waals surface area contributed by atoms with Crippen molar-refractivity contribution in [2.75, 3.05) is 25.2 Å². The number of pyridine rings is 1. The molecule has 1 aromatic heterocycles. The van der Waals surface area contributed by atoms with Gasteiger partial charge in [-0.3, -0.25) is 0 Å². The van der Waals surface area contributed by atoms with Gasteiger partial charge in [0.25, 0.3) is 0 Å². The first-order valence-corrected chi connectivity index (χ1v) is 6.47. The van der Waals surface area contributed by atoms with Crippen molar-refractivity contribution in [1.29, 1.82) is 0 Å². The Hall–Kier alpha value is -1.81. The van der Waals surface area contributed by atoms with Crippen LogP contribution in [0.5, 0.6) is 5.75 Å². The molecule has 0 atom stereocenters. The minimum Gasteiger partial charge on any atom is -0.497 e. The summed E-state index contributed by atoms with van der Waals surface area (Å²) in [5.41, 5.74) is 0. The fourth-order valence-electron chi connectivity index (χ4n) is 2.20. The summed E-state index contributed by atoms with van der Waals surface area (Å²) in [6, 6.07) is 8.21. The largest absolute Gasteiger partial charge is 0.497 e. The van der Waals surface area contributed by atoms with Crippen molar-refractivity contribution < 1.29 is 9.84 Å². The molecule has 0 saturated carbocycles. The first-order valence-electron chi connectivity index (χ1n) is 6.47. The van der Waals surface area contributed by atoms with Crippen LogP contribution in [-0.2, 0) is 0 Å².